The van der Waals surface area contributed by atoms with Gasteiger partial charge < -0.3 is 9.80 Å². The van der Waals surface area contributed by atoms with Crippen LogP contribution in [0.1, 0.15) is 26.7 Å². The number of fused-ring (bicyclic) bond motifs is 1. The summed E-state index contributed by atoms with van der Waals surface area (Å²) in [6.45, 7) is 4.72. The Morgan fingerprint density at radius 1 is 0.950 bits per heavy atom. The van der Waals surface area contributed by atoms with Crippen LogP contribution in [0, 0.1) is 5.82 Å². The van der Waals surface area contributed by atoms with Crippen LogP contribution in [0.5, 0.6) is 0 Å². The van der Waals surface area contributed by atoms with E-state index in [1.165, 1.54) is 24.3 Å². The number of aromatic nitrogens is 4. The molecule has 2 fully saturated rings. The molecule has 2 aliphatic rings. The highest BCUT2D eigenvalue weighted by molar-refractivity contribution is 7.92. The first-order chi connectivity index (χ1) is 18.9. The standard InChI is InChI=1S/C26H26ClFN6O4S2/c1-17(2)39(35,36)19-6-8-20(9-7-19)40(37,38)34-22-5-3-4-21(27)23(22)24(31-34)33-13-12-32(16-26(33)10-11-26)25-29-14-18(28)15-30-25/h3-9,14-15,17H,10-13,16H2,1-2H3. The molecule has 6 rings (SSSR count). The van der Waals surface area contributed by atoms with Gasteiger partial charge in [0.05, 0.1) is 48.9 Å². The number of sulfone groups is 1. The number of nitrogens with zero attached hydrogens (tertiary/aromatic N) is 6. The fourth-order valence-corrected chi connectivity index (χ4v) is 7.74. The second-order valence-corrected chi connectivity index (χ2v) is 15.0. The van der Waals surface area contributed by atoms with Gasteiger partial charge in [0.2, 0.25) is 5.95 Å². The zero-order valence-corrected chi connectivity index (χ0v) is 24.1. The Morgan fingerprint density at radius 2 is 1.60 bits per heavy atom. The minimum absolute atomic E-state index is 0.0502. The molecule has 0 atom stereocenters. The summed E-state index contributed by atoms with van der Waals surface area (Å²) in [6, 6.07) is 10.2. The molecule has 1 saturated carbocycles. The zero-order chi connectivity index (χ0) is 28.4. The van der Waals surface area contributed by atoms with Gasteiger partial charge in [-0.25, -0.2) is 22.8 Å². The lowest BCUT2D eigenvalue weighted by atomic mass is 10.1. The SMILES string of the molecule is CC(C)S(=O)(=O)c1ccc(S(=O)(=O)n2nc(N3CCN(c4ncc(F)cn4)CC34CC4)c3c(Cl)cccc32)cc1. The van der Waals surface area contributed by atoms with Crippen molar-refractivity contribution in [3.63, 3.8) is 0 Å². The number of anilines is 2. The second-order valence-electron chi connectivity index (χ2n) is 10.4. The third kappa shape index (κ3) is 4.31. The third-order valence-electron chi connectivity index (χ3n) is 7.53. The summed E-state index contributed by atoms with van der Waals surface area (Å²) in [4.78, 5) is 12.3. The molecular formula is C26H26ClFN6O4S2. The van der Waals surface area contributed by atoms with E-state index in [9.17, 15) is 21.2 Å². The van der Waals surface area contributed by atoms with Crippen LogP contribution in [0.4, 0.5) is 16.2 Å². The average Bonchev–Trinajstić information content (AvgIpc) is 3.57. The van der Waals surface area contributed by atoms with E-state index in [4.69, 9.17) is 11.6 Å². The Hall–Kier alpha value is -3.29. The van der Waals surface area contributed by atoms with E-state index >= 15 is 0 Å². The van der Waals surface area contributed by atoms with Gasteiger partial charge in [-0.15, -0.1) is 5.10 Å². The zero-order valence-electron chi connectivity index (χ0n) is 21.7. The second kappa shape index (κ2) is 9.38. The van der Waals surface area contributed by atoms with E-state index in [0.29, 0.717) is 47.3 Å². The van der Waals surface area contributed by atoms with E-state index in [1.807, 2.05) is 4.90 Å². The van der Waals surface area contributed by atoms with Gasteiger partial charge in [-0.05, 0) is 63.1 Å². The summed E-state index contributed by atoms with van der Waals surface area (Å²) in [7, 11) is -7.76. The molecule has 2 aromatic heterocycles. The lowest BCUT2D eigenvalue weighted by Gasteiger charge is -2.42. The van der Waals surface area contributed by atoms with Gasteiger partial charge in [-0.3, -0.25) is 0 Å². The topological polar surface area (TPSA) is 118 Å². The van der Waals surface area contributed by atoms with Gasteiger partial charge in [0.1, 0.15) is 0 Å². The van der Waals surface area contributed by atoms with Crippen molar-refractivity contribution in [2.75, 3.05) is 29.4 Å². The number of hydrogen-bond donors (Lipinski definition) is 0. The van der Waals surface area contributed by atoms with Crippen molar-refractivity contribution in [1.82, 2.24) is 19.2 Å². The minimum Gasteiger partial charge on any atom is -0.345 e. The van der Waals surface area contributed by atoms with Gasteiger partial charge in [0.15, 0.2) is 21.5 Å². The molecule has 0 bridgehead atoms. The van der Waals surface area contributed by atoms with Gasteiger partial charge in [-0.2, -0.15) is 12.5 Å². The summed E-state index contributed by atoms with van der Waals surface area (Å²) in [5.74, 6) is 0.388. The van der Waals surface area contributed by atoms with Crippen molar-refractivity contribution >= 4 is 54.1 Å². The molecule has 10 nitrogen and oxygen atoms in total. The summed E-state index contributed by atoms with van der Waals surface area (Å²) >= 11 is 6.64. The molecule has 210 valence electrons. The van der Waals surface area contributed by atoms with Gasteiger partial charge >= 0.3 is 0 Å². The lowest BCUT2D eigenvalue weighted by molar-refractivity contribution is 0.497. The molecular weight excluding hydrogens is 579 g/mol. The number of piperazine rings is 1. The largest absolute Gasteiger partial charge is 0.345 e. The molecule has 0 N–H and O–H groups in total. The normalized spacial score (nSPS) is 17.2. The van der Waals surface area contributed by atoms with Crippen molar-refractivity contribution in [2.45, 2.75) is 47.3 Å². The number of hydrogen-bond acceptors (Lipinski definition) is 9. The quantitative estimate of drug-likeness (QED) is 0.323. The van der Waals surface area contributed by atoms with Crippen molar-refractivity contribution in [3.05, 3.63) is 65.7 Å². The van der Waals surface area contributed by atoms with Crippen molar-refractivity contribution in [3.8, 4) is 0 Å². The maximum atomic E-state index is 13.8. The molecule has 0 radical (unpaired) electrons. The van der Waals surface area contributed by atoms with Crippen LogP contribution in [-0.4, -0.2) is 66.4 Å². The predicted octanol–water partition coefficient (Wildman–Crippen LogP) is 3.90. The van der Waals surface area contributed by atoms with Gasteiger partial charge in [-0.1, -0.05) is 17.7 Å². The first kappa shape index (κ1) is 26.9. The highest BCUT2D eigenvalue weighted by atomic mass is 35.5. The Balaban J connectivity index is 1.39. The molecule has 1 aliphatic heterocycles. The highest BCUT2D eigenvalue weighted by Crippen LogP contribution is 2.49. The predicted molar refractivity (Wildman–Crippen MR) is 150 cm³/mol. The van der Waals surface area contributed by atoms with E-state index < -0.39 is 30.9 Å². The minimum atomic E-state index is -4.20. The summed E-state index contributed by atoms with van der Waals surface area (Å²) < 4.78 is 67.1. The van der Waals surface area contributed by atoms with Gasteiger partial charge in [0, 0.05) is 19.6 Å². The van der Waals surface area contributed by atoms with Crippen LogP contribution in [0.25, 0.3) is 10.9 Å². The molecule has 4 aromatic rings. The molecule has 0 amide bonds. The number of benzene rings is 2. The maximum Gasteiger partial charge on any atom is 0.283 e. The van der Waals surface area contributed by atoms with Gasteiger partial charge in [0.25, 0.3) is 10.0 Å². The van der Waals surface area contributed by atoms with Crippen LogP contribution in [-0.2, 0) is 19.9 Å². The molecule has 1 saturated heterocycles. The molecule has 14 heteroatoms. The average molecular weight is 605 g/mol. The smallest absolute Gasteiger partial charge is 0.283 e. The molecule has 1 aliphatic carbocycles. The molecule has 2 aromatic carbocycles. The van der Waals surface area contributed by atoms with Crippen LogP contribution >= 0.6 is 11.6 Å². The van der Waals surface area contributed by atoms with Crippen LogP contribution in [0.3, 0.4) is 0 Å². The Kier molecular flexibility index (Phi) is 6.31. The molecule has 1 spiro atoms. The van der Waals surface area contributed by atoms with Crippen LogP contribution < -0.4 is 9.80 Å². The van der Waals surface area contributed by atoms with Crippen molar-refractivity contribution in [2.24, 2.45) is 0 Å². The first-order valence-electron chi connectivity index (χ1n) is 12.7. The third-order valence-corrected chi connectivity index (χ3v) is 11.6. The maximum absolute atomic E-state index is 13.8. The number of rotatable bonds is 6. The lowest BCUT2D eigenvalue weighted by Crippen LogP contribution is -2.56. The van der Waals surface area contributed by atoms with E-state index in [2.05, 4.69) is 20.0 Å². The highest BCUT2D eigenvalue weighted by Gasteiger charge is 2.53. The van der Waals surface area contributed by atoms with Crippen LogP contribution in [0.2, 0.25) is 5.02 Å². The molecule has 40 heavy (non-hydrogen) atoms. The fourth-order valence-electron chi connectivity index (χ4n) is 5.15. The summed E-state index contributed by atoms with van der Waals surface area (Å²) in [6.07, 6.45) is 3.97. The first-order valence-corrected chi connectivity index (χ1v) is 16.1. The van der Waals surface area contributed by atoms with E-state index in [-0.39, 0.29) is 15.3 Å². The molecule has 0 unspecified atom stereocenters. The monoisotopic (exact) mass is 604 g/mol. The summed E-state index contributed by atoms with van der Waals surface area (Å²) in [5, 5.41) is 4.87. The Morgan fingerprint density at radius 3 is 2.23 bits per heavy atom. The van der Waals surface area contributed by atoms with E-state index in [0.717, 1.165) is 29.3 Å². The summed E-state index contributed by atoms with van der Waals surface area (Å²) in [5.41, 5.74) is -0.000721. The molecule has 3 heterocycles. The van der Waals surface area contributed by atoms with Crippen LogP contribution in [0.15, 0.2) is 64.6 Å². The van der Waals surface area contributed by atoms with E-state index in [1.54, 1.807) is 32.0 Å². The Bertz CT molecular complexity index is 1820. The number of halogens is 2. The van der Waals surface area contributed by atoms with Crippen molar-refractivity contribution in [1.29, 1.82) is 0 Å². The Labute approximate surface area is 236 Å². The fraction of sp³-hybridized carbons (Fsp3) is 0.346. The van der Waals surface area contributed by atoms with Crippen molar-refractivity contribution < 1.29 is 21.2 Å².